The quantitative estimate of drug-likeness (QED) is 0.742. The Bertz CT molecular complexity index is 396. The SMILES string of the molecule is Clc1nc2cc(Br)ccc2[nH]1. The second-order valence-corrected chi connectivity index (χ2v) is 3.46. The number of nitrogens with one attached hydrogen (secondary N) is 1. The van der Waals surface area contributed by atoms with Crippen LogP contribution in [0.2, 0.25) is 5.28 Å². The van der Waals surface area contributed by atoms with Gasteiger partial charge in [0.25, 0.3) is 0 Å². The molecule has 11 heavy (non-hydrogen) atoms. The number of benzene rings is 1. The highest BCUT2D eigenvalue weighted by atomic mass is 79.9. The van der Waals surface area contributed by atoms with Gasteiger partial charge in [-0.15, -0.1) is 0 Å². The average Bonchev–Trinajstić information content (AvgIpc) is 2.27. The van der Waals surface area contributed by atoms with Crippen molar-refractivity contribution in [2.24, 2.45) is 0 Å². The minimum absolute atomic E-state index is 0.429. The molecule has 1 aromatic carbocycles. The molecule has 2 rings (SSSR count). The van der Waals surface area contributed by atoms with Gasteiger partial charge in [-0.1, -0.05) is 15.9 Å². The standard InChI is InChI=1S/C7H4BrClN2/c8-4-1-2-5-6(3-4)11-7(9)10-5/h1-3H,(H,10,11). The van der Waals surface area contributed by atoms with E-state index in [0.29, 0.717) is 5.28 Å². The van der Waals surface area contributed by atoms with Gasteiger partial charge in [0, 0.05) is 4.47 Å². The highest BCUT2D eigenvalue weighted by Gasteiger charge is 1.98. The zero-order valence-corrected chi connectivity index (χ0v) is 7.78. The smallest absolute Gasteiger partial charge is 0.201 e. The Morgan fingerprint density at radius 2 is 2.27 bits per heavy atom. The number of H-pyrrole nitrogens is 1. The van der Waals surface area contributed by atoms with Gasteiger partial charge in [-0.25, -0.2) is 4.98 Å². The van der Waals surface area contributed by atoms with Crippen LogP contribution in [0, 0.1) is 0 Å². The zero-order chi connectivity index (χ0) is 7.84. The fourth-order valence-corrected chi connectivity index (χ4v) is 1.49. The summed E-state index contributed by atoms with van der Waals surface area (Å²) < 4.78 is 1.01. The molecule has 0 aliphatic rings. The van der Waals surface area contributed by atoms with Crippen LogP contribution in [-0.4, -0.2) is 9.97 Å². The number of aromatic nitrogens is 2. The minimum Gasteiger partial charge on any atom is -0.329 e. The van der Waals surface area contributed by atoms with Gasteiger partial charge in [0.2, 0.25) is 5.28 Å². The van der Waals surface area contributed by atoms with Gasteiger partial charge >= 0.3 is 0 Å². The van der Waals surface area contributed by atoms with Crippen molar-refractivity contribution < 1.29 is 0 Å². The Balaban J connectivity index is 2.82. The van der Waals surface area contributed by atoms with Crippen LogP contribution < -0.4 is 0 Å². The molecular formula is C7H4BrClN2. The van der Waals surface area contributed by atoms with Gasteiger partial charge in [-0.2, -0.15) is 0 Å². The van der Waals surface area contributed by atoms with Crippen molar-refractivity contribution in [2.45, 2.75) is 0 Å². The van der Waals surface area contributed by atoms with E-state index in [2.05, 4.69) is 25.9 Å². The van der Waals surface area contributed by atoms with E-state index in [4.69, 9.17) is 11.6 Å². The molecule has 56 valence electrons. The third-order valence-electron chi connectivity index (χ3n) is 1.42. The van der Waals surface area contributed by atoms with Gasteiger partial charge < -0.3 is 4.98 Å². The van der Waals surface area contributed by atoms with Crippen molar-refractivity contribution in [2.75, 3.05) is 0 Å². The van der Waals surface area contributed by atoms with E-state index < -0.39 is 0 Å². The monoisotopic (exact) mass is 230 g/mol. The molecule has 1 N–H and O–H groups in total. The molecule has 0 spiro atoms. The lowest BCUT2D eigenvalue weighted by molar-refractivity contribution is 1.34. The lowest BCUT2D eigenvalue weighted by atomic mass is 10.3. The van der Waals surface area contributed by atoms with Gasteiger partial charge in [-0.3, -0.25) is 0 Å². The molecule has 1 aromatic heterocycles. The fourth-order valence-electron chi connectivity index (χ4n) is 0.948. The maximum atomic E-state index is 5.65. The first-order chi connectivity index (χ1) is 5.25. The Labute approximate surface area is 76.7 Å². The molecule has 0 saturated carbocycles. The van der Waals surface area contributed by atoms with Crippen molar-refractivity contribution in [3.05, 3.63) is 28.0 Å². The topological polar surface area (TPSA) is 28.7 Å². The van der Waals surface area contributed by atoms with Gasteiger partial charge in [-0.05, 0) is 29.8 Å². The second-order valence-electron chi connectivity index (χ2n) is 2.19. The molecular weight excluding hydrogens is 227 g/mol. The van der Waals surface area contributed by atoms with Crippen LogP contribution in [0.4, 0.5) is 0 Å². The summed E-state index contributed by atoms with van der Waals surface area (Å²) in [6.45, 7) is 0. The number of halogens is 2. The highest BCUT2D eigenvalue weighted by Crippen LogP contribution is 2.18. The number of fused-ring (bicyclic) bond motifs is 1. The molecule has 0 saturated heterocycles. The summed E-state index contributed by atoms with van der Waals surface area (Å²) >= 11 is 9.00. The molecule has 0 fully saturated rings. The number of rotatable bonds is 0. The van der Waals surface area contributed by atoms with E-state index in [9.17, 15) is 0 Å². The number of aromatic amines is 1. The Hall–Kier alpha value is -0.540. The summed E-state index contributed by atoms with van der Waals surface area (Å²) in [5, 5.41) is 0.429. The number of hydrogen-bond donors (Lipinski definition) is 1. The first-order valence-electron chi connectivity index (χ1n) is 3.06. The van der Waals surface area contributed by atoms with Gasteiger partial charge in [0.1, 0.15) is 0 Å². The Morgan fingerprint density at radius 1 is 1.45 bits per heavy atom. The minimum atomic E-state index is 0.429. The number of nitrogens with zero attached hydrogens (tertiary/aromatic N) is 1. The molecule has 1 heterocycles. The van der Waals surface area contributed by atoms with Gasteiger partial charge in [0.15, 0.2) is 0 Å². The van der Waals surface area contributed by atoms with E-state index in [1.54, 1.807) is 0 Å². The first kappa shape index (κ1) is 7.13. The molecule has 4 heteroatoms. The molecule has 2 nitrogen and oxygen atoms in total. The van der Waals surface area contributed by atoms with Crippen LogP contribution in [0.5, 0.6) is 0 Å². The number of imidazole rings is 1. The molecule has 0 aliphatic heterocycles. The van der Waals surface area contributed by atoms with Crippen molar-refractivity contribution in [1.82, 2.24) is 9.97 Å². The maximum absolute atomic E-state index is 5.65. The second kappa shape index (κ2) is 2.50. The van der Waals surface area contributed by atoms with E-state index in [0.717, 1.165) is 15.5 Å². The van der Waals surface area contributed by atoms with Crippen LogP contribution >= 0.6 is 27.5 Å². The van der Waals surface area contributed by atoms with Crippen LogP contribution in [-0.2, 0) is 0 Å². The molecule has 0 radical (unpaired) electrons. The molecule has 0 bridgehead atoms. The van der Waals surface area contributed by atoms with Crippen LogP contribution in [0.1, 0.15) is 0 Å². The summed E-state index contributed by atoms with van der Waals surface area (Å²) in [6, 6.07) is 5.78. The van der Waals surface area contributed by atoms with Crippen LogP contribution in [0.25, 0.3) is 11.0 Å². The molecule has 2 aromatic rings. The van der Waals surface area contributed by atoms with Crippen molar-refractivity contribution in [1.29, 1.82) is 0 Å². The first-order valence-corrected chi connectivity index (χ1v) is 4.23. The summed E-state index contributed by atoms with van der Waals surface area (Å²) in [5.74, 6) is 0. The van der Waals surface area contributed by atoms with Crippen molar-refractivity contribution >= 4 is 38.6 Å². The summed E-state index contributed by atoms with van der Waals surface area (Å²) in [4.78, 5) is 6.97. The third kappa shape index (κ3) is 1.26. The van der Waals surface area contributed by atoms with E-state index >= 15 is 0 Å². The normalized spacial score (nSPS) is 10.7. The van der Waals surface area contributed by atoms with Crippen molar-refractivity contribution in [3.63, 3.8) is 0 Å². The van der Waals surface area contributed by atoms with Crippen LogP contribution in [0.3, 0.4) is 0 Å². The molecule has 0 atom stereocenters. The predicted molar refractivity (Wildman–Crippen MR) is 48.8 cm³/mol. The highest BCUT2D eigenvalue weighted by molar-refractivity contribution is 9.10. The van der Waals surface area contributed by atoms with Gasteiger partial charge in [0.05, 0.1) is 11.0 Å². The summed E-state index contributed by atoms with van der Waals surface area (Å²) in [6.07, 6.45) is 0. The van der Waals surface area contributed by atoms with Crippen LogP contribution in [0.15, 0.2) is 22.7 Å². The lowest BCUT2D eigenvalue weighted by Gasteiger charge is -1.87. The largest absolute Gasteiger partial charge is 0.329 e. The molecule has 0 amide bonds. The zero-order valence-electron chi connectivity index (χ0n) is 5.44. The summed E-state index contributed by atoms with van der Waals surface area (Å²) in [7, 11) is 0. The van der Waals surface area contributed by atoms with E-state index in [1.165, 1.54) is 0 Å². The maximum Gasteiger partial charge on any atom is 0.201 e. The Kier molecular flexibility index (Phi) is 1.62. The van der Waals surface area contributed by atoms with E-state index in [1.807, 2.05) is 18.2 Å². The lowest BCUT2D eigenvalue weighted by Crippen LogP contribution is -1.67. The average molecular weight is 231 g/mol. The third-order valence-corrected chi connectivity index (χ3v) is 2.09. The van der Waals surface area contributed by atoms with E-state index in [-0.39, 0.29) is 0 Å². The molecule has 0 aliphatic carbocycles. The fraction of sp³-hybridized carbons (Fsp3) is 0. The Morgan fingerprint density at radius 3 is 3.09 bits per heavy atom. The number of hydrogen-bond acceptors (Lipinski definition) is 1. The molecule has 0 unspecified atom stereocenters. The predicted octanol–water partition coefficient (Wildman–Crippen LogP) is 2.98. The van der Waals surface area contributed by atoms with Crippen molar-refractivity contribution in [3.8, 4) is 0 Å². The summed E-state index contributed by atoms with van der Waals surface area (Å²) in [5.41, 5.74) is 1.84.